The lowest BCUT2D eigenvalue weighted by Crippen LogP contribution is -2.48. The second kappa shape index (κ2) is 9.14. The van der Waals surface area contributed by atoms with E-state index in [4.69, 9.17) is 4.74 Å². The highest BCUT2D eigenvalue weighted by molar-refractivity contribution is 5.51. The lowest BCUT2D eigenvalue weighted by Gasteiger charge is -2.40. The highest BCUT2D eigenvalue weighted by atomic mass is 16.6. The molecule has 1 aliphatic heterocycles. The van der Waals surface area contributed by atoms with Crippen LogP contribution < -0.4 is 9.64 Å². The third-order valence-electron chi connectivity index (χ3n) is 5.91. The van der Waals surface area contributed by atoms with Crippen LogP contribution >= 0.6 is 0 Å². The van der Waals surface area contributed by atoms with Crippen molar-refractivity contribution in [2.75, 3.05) is 38.2 Å². The predicted octanol–water partition coefficient (Wildman–Crippen LogP) is 3.26. The van der Waals surface area contributed by atoms with Crippen LogP contribution in [0.5, 0.6) is 5.75 Å². The number of ether oxygens (including phenoxy) is 1. The van der Waals surface area contributed by atoms with Crippen molar-refractivity contribution in [3.63, 3.8) is 0 Å². The average molecular weight is 452 g/mol. The summed E-state index contributed by atoms with van der Waals surface area (Å²) in [5.74, 6) is 1.57. The van der Waals surface area contributed by atoms with Crippen molar-refractivity contribution in [3.05, 3.63) is 70.0 Å². The van der Waals surface area contributed by atoms with Gasteiger partial charge < -0.3 is 9.64 Å². The predicted molar refractivity (Wildman–Crippen MR) is 125 cm³/mol. The fraction of sp³-hybridized carbons (Fsp3) is 0.435. The summed E-state index contributed by atoms with van der Waals surface area (Å²) in [7, 11) is 1.68. The van der Waals surface area contributed by atoms with Crippen LogP contribution in [-0.2, 0) is 5.54 Å². The molecular formula is C23H29N7O3. The van der Waals surface area contributed by atoms with E-state index in [1.807, 2.05) is 35.0 Å². The summed E-state index contributed by atoms with van der Waals surface area (Å²) in [5, 5.41) is 23.7. The molecule has 1 saturated heterocycles. The normalized spacial score (nSPS) is 15.9. The Hall–Kier alpha value is -3.53. The van der Waals surface area contributed by atoms with E-state index >= 15 is 0 Å². The molecule has 0 bridgehead atoms. The molecule has 1 fully saturated rings. The first kappa shape index (κ1) is 22.7. The first-order valence-corrected chi connectivity index (χ1v) is 10.9. The number of piperazine rings is 1. The number of nitro groups is 1. The van der Waals surface area contributed by atoms with Gasteiger partial charge in [-0.1, -0.05) is 18.2 Å². The zero-order valence-corrected chi connectivity index (χ0v) is 19.4. The summed E-state index contributed by atoms with van der Waals surface area (Å²) in [4.78, 5) is 15.2. The Morgan fingerprint density at radius 1 is 1.03 bits per heavy atom. The number of non-ortho nitro benzene ring substituents is 1. The molecular weight excluding hydrogens is 422 g/mol. The number of tetrazole rings is 1. The van der Waals surface area contributed by atoms with E-state index < -0.39 is 0 Å². The van der Waals surface area contributed by atoms with Crippen LogP contribution in [0.3, 0.4) is 0 Å². The number of hydrogen-bond donors (Lipinski definition) is 0. The zero-order valence-electron chi connectivity index (χ0n) is 19.4. The number of rotatable bonds is 6. The van der Waals surface area contributed by atoms with Crippen molar-refractivity contribution in [2.24, 2.45) is 0 Å². The summed E-state index contributed by atoms with van der Waals surface area (Å²) in [6, 6.07) is 14.5. The number of para-hydroxylation sites is 1. The minimum absolute atomic E-state index is 0.0997. The molecule has 0 spiro atoms. The molecule has 1 aromatic heterocycles. The number of aromatic nitrogens is 4. The second-order valence-corrected chi connectivity index (χ2v) is 9.06. The second-order valence-electron chi connectivity index (χ2n) is 9.06. The highest BCUT2D eigenvalue weighted by Crippen LogP contribution is 2.36. The van der Waals surface area contributed by atoms with Gasteiger partial charge in [0.05, 0.1) is 17.6 Å². The molecule has 1 aliphatic rings. The molecule has 0 unspecified atom stereocenters. The van der Waals surface area contributed by atoms with Gasteiger partial charge in [0.1, 0.15) is 11.8 Å². The lowest BCUT2D eigenvalue weighted by molar-refractivity contribution is -0.384. The molecule has 0 radical (unpaired) electrons. The van der Waals surface area contributed by atoms with Crippen LogP contribution in [0.4, 0.5) is 11.4 Å². The van der Waals surface area contributed by atoms with E-state index in [-0.39, 0.29) is 22.2 Å². The molecule has 4 rings (SSSR count). The van der Waals surface area contributed by atoms with E-state index in [1.165, 1.54) is 0 Å². The van der Waals surface area contributed by atoms with E-state index in [0.717, 1.165) is 49.0 Å². The Bertz CT molecular complexity index is 1100. The van der Waals surface area contributed by atoms with Crippen molar-refractivity contribution in [2.45, 2.75) is 32.4 Å². The summed E-state index contributed by atoms with van der Waals surface area (Å²) < 4.78 is 7.57. The van der Waals surface area contributed by atoms with Gasteiger partial charge in [-0.2, -0.15) is 0 Å². The van der Waals surface area contributed by atoms with Crippen LogP contribution in [0.2, 0.25) is 0 Å². The number of nitro benzene ring substituents is 1. The zero-order chi connectivity index (χ0) is 23.6. The van der Waals surface area contributed by atoms with Crippen LogP contribution in [-0.4, -0.2) is 63.3 Å². The summed E-state index contributed by atoms with van der Waals surface area (Å²) in [5.41, 5.74) is 1.82. The molecule has 10 nitrogen and oxygen atoms in total. The van der Waals surface area contributed by atoms with Gasteiger partial charge in [-0.15, -0.1) is 5.10 Å². The van der Waals surface area contributed by atoms with Crippen molar-refractivity contribution in [1.29, 1.82) is 0 Å². The number of anilines is 1. The van der Waals surface area contributed by atoms with Crippen molar-refractivity contribution in [3.8, 4) is 5.75 Å². The Morgan fingerprint density at radius 2 is 1.70 bits per heavy atom. The van der Waals surface area contributed by atoms with E-state index in [2.05, 4.69) is 52.2 Å². The van der Waals surface area contributed by atoms with Crippen LogP contribution in [0.1, 0.15) is 38.2 Å². The summed E-state index contributed by atoms with van der Waals surface area (Å²) in [6.07, 6.45) is 0. The smallest absolute Gasteiger partial charge is 0.269 e. The third-order valence-corrected chi connectivity index (χ3v) is 5.91. The number of nitrogens with zero attached hydrogens (tertiary/aromatic N) is 7. The molecule has 0 aliphatic carbocycles. The molecule has 1 atom stereocenters. The van der Waals surface area contributed by atoms with Crippen LogP contribution in [0, 0.1) is 10.1 Å². The van der Waals surface area contributed by atoms with Gasteiger partial charge in [-0.3, -0.25) is 15.0 Å². The largest absolute Gasteiger partial charge is 0.496 e. The Morgan fingerprint density at radius 3 is 2.30 bits per heavy atom. The molecule has 2 aromatic carbocycles. The monoisotopic (exact) mass is 451 g/mol. The van der Waals surface area contributed by atoms with Gasteiger partial charge in [0, 0.05) is 49.6 Å². The van der Waals surface area contributed by atoms with Gasteiger partial charge in [0.2, 0.25) is 0 Å². The van der Waals surface area contributed by atoms with Gasteiger partial charge in [-0.05, 0) is 49.4 Å². The molecule has 0 amide bonds. The van der Waals surface area contributed by atoms with E-state index in [0.29, 0.717) is 0 Å². The quantitative estimate of drug-likeness (QED) is 0.416. The minimum atomic E-state index is -0.376. The Balaban J connectivity index is 1.63. The van der Waals surface area contributed by atoms with Crippen molar-refractivity contribution < 1.29 is 9.66 Å². The topological polar surface area (TPSA) is 102 Å². The highest BCUT2D eigenvalue weighted by Gasteiger charge is 2.34. The first-order chi connectivity index (χ1) is 15.8. The van der Waals surface area contributed by atoms with Gasteiger partial charge in [-0.25, -0.2) is 4.68 Å². The summed E-state index contributed by atoms with van der Waals surface area (Å²) in [6.45, 7) is 9.35. The fourth-order valence-electron chi connectivity index (χ4n) is 4.26. The van der Waals surface area contributed by atoms with E-state index in [9.17, 15) is 10.1 Å². The van der Waals surface area contributed by atoms with Crippen molar-refractivity contribution in [1.82, 2.24) is 25.1 Å². The number of methoxy groups -OCH3 is 1. The van der Waals surface area contributed by atoms with Gasteiger partial charge in [0.25, 0.3) is 5.69 Å². The minimum Gasteiger partial charge on any atom is -0.496 e. The molecule has 2 heterocycles. The SMILES string of the molecule is COc1ccccc1[C@H](c1nnnn1C(C)(C)C)N1CCN(c2ccc([N+](=O)[O-])cc2)CC1. The number of benzene rings is 2. The molecule has 10 heteroatoms. The van der Waals surface area contributed by atoms with Crippen LogP contribution in [0.25, 0.3) is 0 Å². The van der Waals surface area contributed by atoms with Crippen molar-refractivity contribution >= 4 is 11.4 Å². The Kier molecular flexibility index (Phi) is 6.28. The molecule has 174 valence electrons. The molecule has 0 saturated carbocycles. The average Bonchev–Trinajstić information content (AvgIpc) is 3.30. The standard InChI is InChI=1S/C23H29N7O3/c1-23(2,3)29-22(24-25-26-29)21(19-7-5-6-8-20(19)33-4)28-15-13-27(14-16-28)17-9-11-18(12-10-17)30(31)32/h5-12,21H,13-16H2,1-4H3/t21-/m1/s1. The molecule has 3 aromatic rings. The third kappa shape index (κ3) is 4.65. The molecule has 0 N–H and O–H groups in total. The first-order valence-electron chi connectivity index (χ1n) is 10.9. The fourth-order valence-corrected chi connectivity index (χ4v) is 4.26. The Labute approximate surface area is 192 Å². The maximum atomic E-state index is 11.0. The maximum absolute atomic E-state index is 11.0. The molecule has 33 heavy (non-hydrogen) atoms. The lowest BCUT2D eigenvalue weighted by atomic mass is 10.0. The number of hydrogen-bond acceptors (Lipinski definition) is 8. The van der Waals surface area contributed by atoms with E-state index in [1.54, 1.807) is 19.2 Å². The van der Waals surface area contributed by atoms with Gasteiger partial charge >= 0.3 is 0 Å². The van der Waals surface area contributed by atoms with Crippen LogP contribution in [0.15, 0.2) is 48.5 Å². The van der Waals surface area contributed by atoms with Gasteiger partial charge in [0.15, 0.2) is 5.82 Å². The maximum Gasteiger partial charge on any atom is 0.269 e. The summed E-state index contributed by atoms with van der Waals surface area (Å²) >= 11 is 0.